The van der Waals surface area contributed by atoms with Gasteiger partial charge < -0.3 is 15.4 Å². The highest BCUT2D eigenvalue weighted by atomic mass is 35.5. The molecule has 2 N–H and O–H groups in total. The van der Waals surface area contributed by atoms with E-state index in [2.05, 4.69) is 15.6 Å². The Balaban J connectivity index is 1.45. The van der Waals surface area contributed by atoms with E-state index in [0.717, 1.165) is 47.6 Å². The van der Waals surface area contributed by atoms with E-state index in [0.29, 0.717) is 16.4 Å². The first-order valence-corrected chi connectivity index (χ1v) is 11.7. The predicted molar refractivity (Wildman–Crippen MR) is 128 cm³/mol. The molecule has 0 radical (unpaired) electrons. The van der Waals surface area contributed by atoms with Crippen LogP contribution in [-0.4, -0.2) is 24.1 Å². The van der Waals surface area contributed by atoms with Gasteiger partial charge in [-0.2, -0.15) is 0 Å². The second kappa shape index (κ2) is 9.71. The number of rotatable bonds is 5. The van der Waals surface area contributed by atoms with Crippen LogP contribution in [0.1, 0.15) is 37.1 Å². The molecule has 32 heavy (non-hydrogen) atoms. The van der Waals surface area contributed by atoms with Crippen LogP contribution in [0.4, 0.5) is 16.2 Å². The molecule has 0 atom stereocenters. The third kappa shape index (κ3) is 4.79. The summed E-state index contributed by atoms with van der Waals surface area (Å²) < 4.78 is 5.14. The summed E-state index contributed by atoms with van der Waals surface area (Å²) in [6.45, 7) is 0. The highest BCUT2D eigenvalue weighted by molar-refractivity contribution is 7.15. The molecule has 0 aliphatic heterocycles. The van der Waals surface area contributed by atoms with Gasteiger partial charge in [-0.05, 0) is 54.8 Å². The molecule has 1 aliphatic rings. The number of nitrogens with one attached hydrogen (secondary N) is 2. The van der Waals surface area contributed by atoms with E-state index in [1.807, 2.05) is 30.5 Å². The number of amides is 2. The average Bonchev–Trinajstić information content (AvgIpc) is 3.32. The molecule has 0 saturated heterocycles. The number of methoxy groups -OCH3 is 1. The summed E-state index contributed by atoms with van der Waals surface area (Å²) >= 11 is 7.40. The minimum atomic E-state index is -0.628. The largest absolute Gasteiger partial charge is 0.468 e. The third-order valence-electron chi connectivity index (χ3n) is 5.73. The van der Waals surface area contributed by atoms with Crippen LogP contribution in [0.15, 0.2) is 54.7 Å². The van der Waals surface area contributed by atoms with Crippen molar-refractivity contribution in [2.45, 2.75) is 37.5 Å². The summed E-state index contributed by atoms with van der Waals surface area (Å²) in [6, 6.07) is 14.1. The van der Waals surface area contributed by atoms with Crippen molar-refractivity contribution in [2.75, 3.05) is 17.7 Å². The number of esters is 1. The number of hydrogen-bond acceptors (Lipinski definition) is 5. The third-order valence-corrected chi connectivity index (χ3v) is 7.23. The lowest BCUT2D eigenvalue weighted by Gasteiger charge is -2.32. The predicted octanol–water partition coefficient (Wildman–Crippen LogP) is 6.48. The SMILES string of the molecule is COC(=O)C1(c2ncc(-c3ccc(NC(=O)Nc4ccc(Cl)cc4)cc3)s2)CCCCC1. The number of benzene rings is 2. The molecule has 1 heterocycles. The molecule has 1 aromatic heterocycles. The molecule has 0 bridgehead atoms. The molecule has 2 aromatic carbocycles. The van der Waals surface area contributed by atoms with E-state index in [4.69, 9.17) is 16.3 Å². The van der Waals surface area contributed by atoms with Gasteiger partial charge in [-0.3, -0.25) is 4.79 Å². The van der Waals surface area contributed by atoms with Gasteiger partial charge in [0.1, 0.15) is 10.4 Å². The molecule has 1 aliphatic carbocycles. The number of urea groups is 1. The van der Waals surface area contributed by atoms with Gasteiger partial charge in [0.05, 0.1) is 12.0 Å². The molecule has 6 nitrogen and oxygen atoms in total. The number of carbonyl (C=O) groups excluding carboxylic acids is 2. The Bertz CT molecular complexity index is 1090. The summed E-state index contributed by atoms with van der Waals surface area (Å²) in [7, 11) is 1.45. The summed E-state index contributed by atoms with van der Waals surface area (Å²) in [4.78, 5) is 30.4. The van der Waals surface area contributed by atoms with Crippen LogP contribution in [0.5, 0.6) is 0 Å². The maximum absolute atomic E-state index is 12.6. The Morgan fingerprint density at radius 2 is 1.56 bits per heavy atom. The zero-order valence-electron chi connectivity index (χ0n) is 17.7. The topological polar surface area (TPSA) is 80.3 Å². The lowest BCUT2D eigenvalue weighted by atomic mass is 9.74. The summed E-state index contributed by atoms with van der Waals surface area (Å²) in [6.07, 6.45) is 6.51. The average molecular weight is 470 g/mol. The first kappa shape index (κ1) is 22.3. The monoisotopic (exact) mass is 469 g/mol. The van der Waals surface area contributed by atoms with Crippen LogP contribution in [0.25, 0.3) is 10.4 Å². The number of anilines is 2. The molecule has 2 amide bonds. The normalized spacial score (nSPS) is 15.1. The molecule has 8 heteroatoms. The van der Waals surface area contributed by atoms with Crippen molar-refractivity contribution in [1.29, 1.82) is 0 Å². The number of aromatic nitrogens is 1. The quantitative estimate of drug-likeness (QED) is 0.419. The second-order valence-electron chi connectivity index (χ2n) is 7.83. The smallest absolute Gasteiger partial charge is 0.323 e. The van der Waals surface area contributed by atoms with E-state index in [1.54, 1.807) is 24.3 Å². The van der Waals surface area contributed by atoms with Crippen LogP contribution in [0.3, 0.4) is 0 Å². The minimum absolute atomic E-state index is 0.190. The second-order valence-corrected chi connectivity index (χ2v) is 9.29. The van der Waals surface area contributed by atoms with E-state index < -0.39 is 5.41 Å². The number of hydrogen-bond donors (Lipinski definition) is 2. The summed E-state index contributed by atoms with van der Waals surface area (Å²) in [5.74, 6) is -0.190. The Kier molecular flexibility index (Phi) is 6.77. The van der Waals surface area contributed by atoms with Gasteiger partial charge in [-0.25, -0.2) is 9.78 Å². The molecule has 1 fully saturated rings. The maximum atomic E-state index is 12.6. The fourth-order valence-electron chi connectivity index (χ4n) is 4.03. The van der Waals surface area contributed by atoms with Crippen molar-refractivity contribution in [3.05, 3.63) is 64.8 Å². The molecule has 0 spiro atoms. The molecule has 0 unspecified atom stereocenters. The van der Waals surface area contributed by atoms with Crippen LogP contribution in [0, 0.1) is 0 Å². The minimum Gasteiger partial charge on any atom is -0.468 e. The Morgan fingerprint density at radius 1 is 0.969 bits per heavy atom. The van der Waals surface area contributed by atoms with Gasteiger partial charge in [-0.1, -0.05) is 43.0 Å². The van der Waals surface area contributed by atoms with Gasteiger partial charge in [0.2, 0.25) is 0 Å². The molecular weight excluding hydrogens is 446 g/mol. The Labute approximate surface area is 196 Å². The van der Waals surface area contributed by atoms with Crippen molar-refractivity contribution in [2.24, 2.45) is 0 Å². The van der Waals surface area contributed by atoms with Gasteiger partial charge in [0.25, 0.3) is 0 Å². The lowest BCUT2D eigenvalue weighted by molar-refractivity contribution is -0.149. The van der Waals surface area contributed by atoms with Gasteiger partial charge in [0, 0.05) is 22.6 Å². The number of thiazole rings is 1. The number of halogens is 1. The lowest BCUT2D eigenvalue weighted by Crippen LogP contribution is -2.38. The fourth-order valence-corrected chi connectivity index (χ4v) is 5.31. The Hall–Kier alpha value is -2.90. The van der Waals surface area contributed by atoms with Gasteiger partial charge in [0.15, 0.2) is 0 Å². The van der Waals surface area contributed by atoms with E-state index >= 15 is 0 Å². The van der Waals surface area contributed by atoms with Crippen LogP contribution in [-0.2, 0) is 14.9 Å². The first-order chi connectivity index (χ1) is 15.5. The molecule has 166 valence electrons. The van der Waals surface area contributed by atoms with Crippen LogP contribution >= 0.6 is 22.9 Å². The summed E-state index contributed by atoms with van der Waals surface area (Å²) in [5, 5.41) is 7.01. The van der Waals surface area contributed by atoms with Crippen molar-refractivity contribution >= 4 is 46.3 Å². The first-order valence-electron chi connectivity index (χ1n) is 10.5. The van der Waals surface area contributed by atoms with Crippen LogP contribution in [0.2, 0.25) is 5.02 Å². The molecule has 4 rings (SSSR count). The van der Waals surface area contributed by atoms with Crippen molar-refractivity contribution in [3.8, 4) is 10.4 Å². The molecular formula is C24H24ClN3O3S. The molecule has 1 saturated carbocycles. The van der Waals surface area contributed by atoms with E-state index in [1.165, 1.54) is 18.4 Å². The van der Waals surface area contributed by atoms with Gasteiger partial charge in [-0.15, -0.1) is 11.3 Å². The zero-order valence-corrected chi connectivity index (χ0v) is 19.3. The number of nitrogens with zero attached hydrogens (tertiary/aromatic N) is 1. The highest BCUT2D eigenvalue weighted by Gasteiger charge is 2.44. The zero-order chi connectivity index (χ0) is 22.6. The Morgan fingerprint density at radius 3 is 2.16 bits per heavy atom. The van der Waals surface area contributed by atoms with Crippen LogP contribution < -0.4 is 10.6 Å². The fraction of sp³-hybridized carbons (Fsp3) is 0.292. The van der Waals surface area contributed by atoms with E-state index in [9.17, 15) is 9.59 Å². The summed E-state index contributed by atoms with van der Waals surface area (Å²) in [5.41, 5.74) is 1.68. The molecule has 3 aromatic rings. The van der Waals surface area contributed by atoms with Crippen molar-refractivity contribution in [1.82, 2.24) is 4.98 Å². The number of ether oxygens (including phenoxy) is 1. The standard InChI is InChI=1S/C24H24ClN3O3S/c1-31-22(29)24(13-3-2-4-14-24)21-26-15-20(32-21)16-5-9-18(10-6-16)27-23(30)28-19-11-7-17(25)8-12-19/h5-12,15H,2-4,13-14H2,1H3,(H2,27,28,30). The maximum Gasteiger partial charge on any atom is 0.323 e. The van der Waals surface area contributed by atoms with Crippen molar-refractivity contribution < 1.29 is 14.3 Å². The number of carbonyl (C=O) groups is 2. The van der Waals surface area contributed by atoms with Crippen molar-refractivity contribution in [3.63, 3.8) is 0 Å². The van der Waals surface area contributed by atoms with Gasteiger partial charge >= 0.3 is 12.0 Å². The van der Waals surface area contributed by atoms with E-state index in [-0.39, 0.29) is 12.0 Å². The highest BCUT2D eigenvalue weighted by Crippen LogP contribution is 2.43.